The van der Waals surface area contributed by atoms with E-state index in [-0.39, 0.29) is 0 Å². The Morgan fingerprint density at radius 2 is 1.60 bits per heavy atom. The molecule has 0 aliphatic rings. The topological polar surface area (TPSA) is 52.0 Å². The first-order valence-electron chi connectivity index (χ1n) is 4.14. The molecule has 0 aromatic heterocycles. The minimum atomic E-state index is 0.328. The van der Waals surface area contributed by atoms with Gasteiger partial charge >= 0.3 is 0 Å². The summed E-state index contributed by atoms with van der Waals surface area (Å²) in [5.41, 5.74) is 11.5. The highest BCUT2D eigenvalue weighted by Crippen LogP contribution is 2.27. The predicted molar refractivity (Wildman–Crippen MR) is 45.7 cm³/mol. The molecule has 0 spiro atoms. The van der Waals surface area contributed by atoms with E-state index in [0.717, 1.165) is 32.4 Å². The standard InChI is InChI=1S/C8H20N2/c1-3-8(4-2,7-10)5-6-9/h3-7,9-10H2,1-2H3. The first kappa shape index (κ1) is 9.92. The Labute approximate surface area is 64.0 Å². The largest absolute Gasteiger partial charge is 0.330 e. The van der Waals surface area contributed by atoms with Crippen LogP contribution < -0.4 is 11.5 Å². The molecule has 4 N–H and O–H groups in total. The Morgan fingerprint density at radius 3 is 1.70 bits per heavy atom. The lowest BCUT2D eigenvalue weighted by atomic mass is 9.79. The fourth-order valence-electron chi connectivity index (χ4n) is 1.30. The van der Waals surface area contributed by atoms with Crippen LogP contribution in [-0.2, 0) is 0 Å². The van der Waals surface area contributed by atoms with Gasteiger partial charge in [0.2, 0.25) is 0 Å². The maximum absolute atomic E-state index is 5.66. The van der Waals surface area contributed by atoms with Crippen molar-refractivity contribution in [3.05, 3.63) is 0 Å². The van der Waals surface area contributed by atoms with Gasteiger partial charge in [0.05, 0.1) is 0 Å². The second kappa shape index (κ2) is 4.69. The van der Waals surface area contributed by atoms with Crippen molar-refractivity contribution in [1.29, 1.82) is 0 Å². The molecule has 0 aliphatic carbocycles. The molecule has 0 bridgehead atoms. The summed E-state index contributed by atoms with van der Waals surface area (Å²) in [5, 5.41) is 0. The molecule has 0 aliphatic heterocycles. The molecule has 0 fully saturated rings. The summed E-state index contributed by atoms with van der Waals surface area (Å²) >= 11 is 0. The molecule has 0 aromatic rings. The molecular weight excluding hydrogens is 124 g/mol. The van der Waals surface area contributed by atoms with Crippen LogP contribution in [0.5, 0.6) is 0 Å². The zero-order chi connectivity index (χ0) is 8.04. The van der Waals surface area contributed by atoms with Crippen LogP contribution in [0, 0.1) is 5.41 Å². The second-order valence-electron chi connectivity index (χ2n) is 2.95. The van der Waals surface area contributed by atoms with Gasteiger partial charge in [0.25, 0.3) is 0 Å². The summed E-state index contributed by atoms with van der Waals surface area (Å²) in [6.45, 7) is 5.91. The fraction of sp³-hybridized carbons (Fsp3) is 1.00. The molecule has 2 nitrogen and oxygen atoms in total. The molecule has 0 unspecified atom stereocenters. The van der Waals surface area contributed by atoms with Crippen molar-refractivity contribution in [2.45, 2.75) is 33.1 Å². The number of hydrogen-bond donors (Lipinski definition) is 2. The lowest BCUT2D eigenvalue weighted by Gasteiger charge is -2.29. The molecule has 2 heteroatoms. The number of rotatable bonds is 5. The summed E-state index contributed by atoms with van der Waals surface area (Å²) < 4.78 is 0. The van der Waals surface area contributed by atoms with Crippen LogP contribution in [0.25, 0.3) is 0 Å². The smallest absolute Gasteiger partial charge is 0.00203 e. The van der Waals surface area contributed by atoms with Crippen molar-refractivity contribution < 1.29 is 0 Å². The van der Waals surface area contributed by atoms with Gasteiger partial charge in [0.15, 0.2) is 0 Å². The highest BCUT2D eigenvalue weighted by Gasteiger charge is 2.22. The zero-order valence-corrected chi connectivity index (χ0v) is 7.19. The van der Waals surface area contributed by atoms with E-state index in [1.807, 2.05) is 0 Å². The molecule has 0 radical (unpaired) electrons. The van der Waals surface area contributed by atoms with Crippen molar-refractivity contribution in [1.82, 2.24) is 0 Å². The van der Waals surface area contributed by atoms with E-state index in [9.17, 15) is 0 Å². The molecule has 0 amide bonds. The van der Waals surface area contributed by atoms with Crippen LogP contribution in [0.1, 0.15) is 33.1 Å². The lowest BCUT2D eigenvalue weighted by molar-refractivity contribution is 0.255. The second-order valence-corrected chi connectivity index (χ2v) is 2.95. The minimum Gasteiger partial charge on any atom is -0.330 e. The van der Waals surface area contributed by atoms with E-state index in [4.69, 9.17) is 11.5 Å². The van der Waals surface area contributed by atoms with E-state index in [2.05, 4.69) is 13.8 Å². The third kappa shape index (κ3) is 2.27. The molecule has 0 heterocycles. The molecule has 0 saturated heterocycles. The average molecular weight is 144 g/mol. The highest BCUT2D eigenvalue weighted by molar-refractivity contribution is 4.77. The zero-order valence-electron chi connectivity index (χ0n) is 7.19. The summed E-state index contributed by atoms with van der Waals surface area (Å²) in [5.74, 6) is 0. The van der Waals surface area contributed by atoms with Crippen LogP contribution in [0.2, 0.25) is 0 Å². The number of nitrogens with two attached hydrogens (primary N) is 2. The summed E-state index contributed by atoms with van der Waals surface area (Å²) in [7, 11) is 0. The van der Waals surface area contributed by atoms with Crippen molar-refractivity contribution >= 4 is 0 Å². The summed E-state index contributed by atoms with van der Waals surface area (Å²) in [6, 6.07) is 0. The molecule has 0 saturated carbocycles. The van der Waals surface area contributed by atoms with Gasteiger partial charge in [0, 0.05) is 0 Å². The van der Waals surface area contributed by atoms with Crippen LogP contribution in [-0.4, -0.2) is 13.1 Å². The van der Waals surface area contributed by atoms with Crippen molar-refractivity contribution in [3.63, 3.8) is 0 Å². The van der Waals surface area contributed by atoms with Crippen molar-refractivity contribution in [2.24, 2.45) is 16.9 Å². The molecular formula is C8H20N2. The van der Waals surface area contributed by atoms with Crippen LogP contribution >= 0.6 is 0 Å². The molecule has 0 atom stereocenters. The first-order chi connectivity index (χ1) is 4.74. The Balaban J connectivity index is 3.87. The normalized spacial score (nSPS) is 12.0. The monoisotopic (exact) mass is 144 g/mol. The SMILES string of the molecule is CCC(CC)(CN)CCN. The van der Waals surface area contributed by atoms with Gasteiger partial charge in [-0.15, -0.1) is 0 Å². The van der Waals surface area contributed by atoms with Crippen LogP contribution in [0.15, 0.2) is 0 Å². The van der Waals surface area contributed by atoms with Gasteiger partial charge in [-0.3, -0.25) is 0 Å². The summed E-state index contributed by atoms with van der Waals surface area (Å²) in [6.07, 6.45) is 3.37. The van der Waals surface area contributed by atoms with Gasteiger partial charge in [-0.2, -0.15) is 0 Å². The summed E-state index contributed by atoms with van der Waals surface area (Å²) in [4.78, 5) is 0. The van der Waals surface area contributed by atoms with Gasteiger partial charge in [-0.25, -0.2) is 0 Å². The van der Waals surface area contributed by atoms with Crippen LogP contribution in [0.4, 0.5) is 0 Å². The van der Waals surface area contributed by atoms with E-state index in [1.54, 1.807) is 0 Å². The van der Waals surface area contributed by atoms with Gasteiger partial charge in [0.1, 0.15) is 0 Å². The maximum atomic E-state index is 5.66. The third-order valence-corrected chi connectivity index (χ3v) is 2.61. The lowest BCUT2D eigenvalue weighted by Crippen LogP contribution is -2.31. The Kier molecular flexibility index (Phi) is 4.65. The van der Waals surface area contributed by atoms with Crippen molar-refractivity contribution in [2.75, 3.05) is 13.1 Å². The molecule has 0 aromatic carbocycles. The quantitative estimate of drug-likeness (QED) is 0.607. The van der Waals surface area contributed by atoms with E-state index < -0.39 is 0 Å². The highest BCUT2D eigenvalue weighted by atomic mass is 14.6. The van der Waals surface area contributed by atoms with E-state index in [0.29, 0.717) is 5.41 Å². The maximum Gasteiger partial charge on any atom is -0.00203 e. The van der Waals surface area contributed by atoms with Gasteiger partial charge in [-0.1, -0.05) is 13.8 Å². The third-order valence-electron chi connectivity index (χ3n) is 2.61. The van der Waals surface area contributed by atoms with Gasteiger partial charge in [-0.05, 0) is 37.8 Å². The Morgan fingerprint density at radius 1 is 1.10 bits per heavy atom. The molecule has 0 rings (SSSR count). The predicted octanol–water partition coefficient (Wildman–Crippen LogP) is 1.10. The van der Waals surface area contributed by atoms with Gasteiger partial charge < -0.3 is 11.5 Å². The van der Waals surface area contributed by atoms with E-state index >= 15 is 0 Å². The van der Waals surface area contributed by atoms with E-state index in [1.165, 1.54) is 0 Å². The average Bonchev–Trinajstić information content (AvgIpc) is 2.01. The fourth-order valence-corrected chi connectivity index (χ4v) is 1.30. The Bertz CT molecular complexity index is 69.1. The number of hydrogen-bond acceptors (Lipinski definition) is 2. The minimum absolute atomic E-state index is 0.328. The van der Waals surface area contributed by atoms with Crippen molar-refractivity contribution in [3.8, 4) is 0 Å². The molecule has 10 heavy (non-hydrogen) atoms. The van der Waals surface area contributed by atoms with Crippen LogP contribution in [0.3, 0.4) is 0 Å². The first-order valence-corrected chi connectivity index (χ1v) is 4.14. The molecule has 62 valence electrons. The Hall–Kier alpha value is -0.0800.